The number of hydrogen-bond acceptors (Lipinski definition) is 4. The third-order valence-electron chi connectivity index (χ3n) is 1.93. The van der Waals surface area contributed by atoms with Crippen molar-refractivity contribution < 1.29 is 23.5 Å². The summed E-state index contributed by atoms with van der Waals surface area (Å²) >= 11 is 0. The van der Waals surface area contributed by atoms with Crippen LogP contribution in [0.25, 0.3) is 0 Å². The minimum Gasteiger partial charge on any atom is -0.480 e. The summed E-state index contributed by atoms with van der Waals surface area (Å²) in [7, 11) is -3.63. The first kappa shape index (κ1) is 17.6. The van der Waals surface area contributed by atoms with Crippen LogP contribution in [0.2, 0.25) is 0 Å². The van der Waals surface area contributed by atoms with Crippen molar-refractivity contribution in [3.05, 3.63) is 0 Å². The Labute approximate surface area is 109 Å². The maximum Gasteiger partial charge on any atom is 0.406 e. The fourth-order valence-corrected chi connectivity index (χ4v) is 3.33. The number of aliphatic carboxylic acids is 1. The van der Waals surface area contributed by atoms with E-state index in [1.807, 2.05) is 0 Å². The Morgan fingerprint density at radius 2 is 1.44 bits per heavy atom. The molecule has 0 fully saturated rings. The molecular formula is C11H24NO5P. The smallest absolute Gasteiger partial charge is 0.406 e. The molecule has 0 aliphatic rings. The molecule has 0 aromatic heterocycles. The fourth-order valence-electron chi connectivity index (χ4n) is 1.30. The van der Waals surface area contributed by atoms with Crippen LogP contribution in [0.1, 0.15) is 41.5 Å². The largest absolute Gasteiger partial charge is 0.480 e. The van der Waals surface area contributed by atoms with Crippen LogP contribution in [0.3, 0.4) is 0 Å². The SMILES string of the molecule is CC(C)OP(=O)(N[C@H](C(=O)O)C(C)C)OC(C)C. The summed E-state index contributed by atoms with van der Waals surface area (Å²) in [5.74, 6) is -1.31. The number of carboxylic acid groups (broad SMARTS) is 1. The zero-order valence-electron chi connectivity index (χ0n) is 11.8. The van der Waals surface area contributed by atoms with Crippen molar-refractivity contribution in [3.8, 4) is 0 Å². The van der Waals surface area contributed by atoms with Gasteiger partial charge in [0.15, 0.2) is 0 Å². The van der Waals surface area contributed by atoms with E-state index in [1.165, 1.54) is 0 Å². The highest BCUT2D eigenvalue weighted by atomic mass is 31.2. The molecule has 0 bridgehead atoms. The molecule has 0 aromatic rings. The summed E-state index contributed by atoms with van der Waals surface area (Å²) in [4.78, 5) is 11.1. The Morgan fingerprint density at radius 3 is 1.67 bits per heavy atom. The summed E-state index contributed by atoms with van der Waals surface area (Å²) in [5, 5.41) is 11.6. The molecule has 108 valence electrons. The van der Waals surface area contributed by atoms with Crippen LogP contribution in [-0.2, 0) is 18.4 Å². The Balaban J connectivity index is 4.97. The lowest BCUT2D eigenvalue weighted by Gasteiger charge is -2.27. The number of nitrogens with one attached hydrogen (secondary N) is 1. The minimum absolute atomic E-state index is 0.234. The maximum atomic E-state index is 12.4. The summed E-state index contributed by atoms with van der Waals surface area (Å²) < 4.78 is 22.9. The number of carboxylic acids is 1. The highest BCUT2D eigenvalue weighted by Gasteiger charge is 2.35. The molecule has 0 radical (unpaired) electrons. The van der Waals surface area contributed by atoms with Crippen molar-refractivity contribution in [2.45, 2.75) is 59.8 Å². The van der Waals surface area contributed by atoms with Gasteiger partial charge in [0.1, 0.15) is 6.04 Å². The van der Waals surface area contributed by atoms with E-state index in [4.69, 9.17) is 14.2 Å². The second kappa shape index (κ2) is 7.24. The van der Waals surface area contributed by atoms with Crippen molar-refractivity contribution in [2.75, 3.05) is 0 Å². The van der Waals surface area contributed by atoms with Gasteiger partial charge in [-0.25, -0.2) is 9.65 Å². The number of hydrogen-bond donors (Lipinski definition) is 2. The molecule has 0 heterocycles. The maximum absolute atomic E-state index is 12.4. The van der Waals surface area contributed by atoms with Crippen LogP contribution >= 0.6 is 7.75 Å². The van der Waals surface area contributed by atoms with Crippen LogP contribution in [0.15, 0.2) is 0 Å². The van der Waals surface area contributed by atoms with Crippen LogP contribution in [0, 0.1) is 5.92 Å². The van der Waals surface area contributed by atoms with Crippen LogP contribution in [-0.4, -0.2) is 29.3 Å². The first-order valence-corrected chi connectivity index (χ1v) is 7.59. The van der Waals surface area contributed by atoms with E-state index >= 15 is 0 Å². The quantitative estimate of drug-likeness (QED) is 0.665. The molecular weight excluding hydrogens is 257 g/mol. The van der Waals surface area contributed by atoms with E-state index in [9.17, 15) is 9.36 Å². The predicted octanol–water partition coefficient (Wildman–Crippen LogP) is 2.64. The minimum atomic E-state index is -3.63. The molecule has 1 atom stereocenters. The van der Waals surface area contributed by atoms with E-state index in [1.54, 1.807) is 41.5 Å². The van der Waals surface area contributed by atoms with E-state index < -0.39 is 19.8 Å². The van der Waals surface area contributed by atoms with Gasteiger partial charge in [-0.05, 0) is 33.6 Å². The predicted molar refractivity (Wildman–Crippen MR) is 69.4 cm³/mol. The Hall–Kier alpha value is -0.420. The van der Waals surface area contributed by atoms with Crippen molar-refractivity contribution in [2.24, 2.45) is 5.92 Å². The average molecular weight is 281 g/mol. The molecule has 0 rings (SSSR count). The molecule has 18 heavy (non-hydrogen) atoms. The number of carbonyl (C=O) groups is 1. The lowest BCUT2D eigenvalue weighted by molar-refractivity contribution is -0.140. The molecule has 0 amide bonds. The third-order valence-corrected chi connectivity index (χ3v) is 3.92. The lowest BCUT2D eigenvalue weighted by atomic mass is 10.1. The standard InChI is InChI=1S/C11H24NO5P/c1-7(2)10(11(13)14)12-18(15,16-8(3)4)17-9(5)6/h7-10H,1-6H3,(H,12,15)(H,13,14)/t10-/m0/s1. The second-order valence-corrected chi connectivity index (χ2v) is 6.67. The molecule has 0 unspecified atom stereocenters. The van der Waals surface area contributed by atoms with Crippen molar-refractivity contribution in [1.82, 2.24) is 5.09 Å². The summed E-state index contributed by atoms with van der Waals surface area (Å²) in [6, 6.07) is -0.978. The van der Waals surface area contributed by atoms with Gasteiger partial charge >= 0.3 is 13.7 Å². The molecule has 0 saturated heterocycles. The normalized spacial score (nSPS) is 14.5. The van der Waals surface area contributed by atoms with Gasteiger partial charge in [-0.3, -0.25) is 13.8 Å². The fraction of sp³-hybridized carbons (Fsp3) is 0.909. The monoisotopic (exact) mass is 281 g/mol. The topological polar surface area (TPSA) is 84.9 Å². The molecule has 6 nitrogen and oxygen atoms in total. The van der Waals surface area contributed by atoms with Crippen molar-refractivity contribution in [3.63, 3.8) is 0 Å². The average Bonchev–Trinajstić information content (AvgIpc) is 2.10. The molecule has 0 aliphatic carbocycles. The van der Waals surface area contributed by atoms with Gasteiger partial charge in [0.2, 0.25) is 0 Å². The van der Waals surface area contributed by atoms with Gasteiger partial charge in [-0.1, -0.05) is 13.8 Å². The highest BCUT2D eigenvalue weighted by molar-refractivity contribution is 7.51. The first-order valence-electron chi connectivity index (χ1n) is 6.05. The van der Waals surface area contributed by atoms with E-state index in [-0.39, 0.29) is 18.1 Å². The summed E-state index contributed by atoms with van der Waals surface area (Å²) in [5.41, 5.74) is 0. The van der Waals surface area contributed by atoms with E-state index in [2.05, 4.69) is 5.09 Å². The third kappa shape index (κ3) is 6.50. The second-order valence-electron chi connectivity index (χ2n) is 4.99. The molecule has 0 spiro atoms. The molecule has 7 heteroatoms. The Kier molecular flexibility index (Phi) is 7.07. The zero-order chi connectivity index (χ0) is 14.5. The van der Waals surface area contributed by atoms with Gasteiger partial charge in [0, 0.05) is 0 Å². The Morgan fingerprint density at radius 1 is 1.06 bits per heavy atom. The van der Waals surface area contributed by atoms with Crippen LogP contribution in [0.5, 0.6) is 0 Å². The van der Waals surface area contributed by atoms with Gasteiger partial charge in [-0.15, -0.1) is 0 Å². The molecule has 0 aromatic carbocycles. The van der Waals surface area contributed by atoms with E-state index in [0.717, 1.165) is 0 Å². The highest BCUT2D eigenvalue weighted by Crippen LogP contribution is 2.47. The molecule has 2 N–H and O–H groups in total. The zero-order valence-corrected chi connectivity index (χ0v) is 12.7. The first-order chi connectivity index (χ1) is 8.07. The van der Waals surface area contributed by atoms with E-state index in [0.29, 0.717) is 0 Å². The Bertz CT molecular complexity index is 303. The van der Waals surface area contributed by atoms with Gasteiger partial charge < -0.3 is 5.11 Å². The summed E-state index contributed by atoms with van der Waals surface area (Å²) in [6.45, 7) is 10.3. The van der Waals surface area contributed by atoms with Crippen LogP contribution < -0.4 is 5.09 Å². The van der Waals surface area contributed by atoms with Gasteiger partial charge in [0.05, 0.1) is 12.2 Å². The van der Waals surface area contributed by atoms with Gasteiger partial charge in [-0.2, -0.15) is 0 Å². The van der Waals surface area contributed by atoms with Crippen molar-refractivity contribution in [1.29, 1.82) is 0 Å². The van der Waals surface area contributed by atoms with Gasteiger partial charge in [0.25, 0.3) is 0 Å². The van der Waals surface area contributed by atoms with Crippen LogP contribution in [0.4, 0.5) is 0 Å². The molecule has 0 saturated carbocycles. The molecule has 0 aliphatic heterocycles. The van der Waals surface area contributed by atoms with Crippen molar-refractivity contribution >= 4 is 13.7 Å². The lowest BCUT2D eigenvalue weighted by Crippen LogP contribution is -2.40. The summed E-state index contributed by atoms with van der Waals surface area (Å²) in [6.07, 6.45) is -0.660. The number of rotatable bonds is 8.